The van der Waals surface area contributed by atoms with Gasteiger partial charge in [0.2, 0.25) is 5.89 Å². The van der Waals surface area contributed by atoms with Gasteiger partial charge in [-0.25, -0.2) is 9.97 Å². The molecular formula is C14H18ClN7O. The maximum atomic E-state index is 6.25. The minimum atomic E-state index is 0.0102. The first-order valence-corrected chi connectivity index (χ1v) is 8.06. The van der Waals surface area contributed by atoms with E-state index in [1.807, 2.05) is 0 Å². The molecule has 0 amide bonds. The summed E-state index contributed by atoms with van der Waals surface area (Å²) in [5.74, 6) is 2.90. The average molecular weight is 336 g/mol. The van der Waals surface area contributed by atoms with Crippen molar-refractivity contribution >= 4 is 23.2 Å². The lowest BCUT2D eigenvalue weighted by Gasteiger charge is -2.38. The minimum absolute atomic E-state index is 0.0102. The van der Waals surface area contributed by atoms with Gasteiger partial charge in [-0.3, -0.25) is 4.90 Å². The molecule has 0 unspecified atom stereocenters. The molecular weight excluding hydrogens is 318 g/mol. The van der Waals surface area contributed by atoms with E-state index < -0.39 is 0 Å². The normalized spacial score (nSPS) is 22.5. The number of piperazine rings is 1. The number of nitrogens with zero attached hydrogens (tertiary/aromatic N) is 6. The quantitative estimate of drug-likeness (QED) is 0.900. The lowest BCUT2D eigenvalue weighted by molar-refractivity contribution is 0.177. The van der Waals surface area contributed by atoms with Crippen LogP contribution >= 0.6 is 11.6 Å². The Hall–Kier alpha value is -1.93. The number of nitrogens with two attached hydrogens (primary N) is 1. The number of hydrogen-bond donors (Lipinski definition) is 1. The fourth-order valence-electron chi connectivity index (χ4n) is 2.82. The number of aromatic nitrogens is 4. The van der Waals surface area contributed by atoms with E-state index in [1.54, 1.807) is 0 Å². The van der Waals surface area contributed by atoms with Gasteiger partial charge in [-0.1, -0.05) is 16.8 Å². The molecule has 4 rings (SSSR count). The lowest BCUT2D eigenvalue weighted by Crippen LogP contribution is -2.47. The SMILES string of the molecule is CN1CCN(c2ncnc(N)c2Cl)C[C@H]1c1nc(C2CC2)no1. The van der Waals surface area contributed by atoms with Crippen LogP contribution in [0.2, 0.25) is 5.02 Å². The molecule has 1 aliphatic carbocycles. The summed E-state index contributed by atoms with van der Waals surface area (Å²) < 4.78 is 5.49. The highest BCUT2D eigenvalue weighted by Crippen LogP contribution is 2.39. The number of nitrogen functional groups attached to an aromatic ring is 1. The third kappa shape index (κ3) is 2.72. The van der Waals surface area contributed by atoms with Crippen LogP contribution in [0.3, 0.4) is 0 Å². The molecule has 23 heavy (non-hydrogen) atoms. The van der Waals surface area contributed by atoms with E-state index in [4.69, 9.17) is 21.9 Å². The summed E-state index contributed by atoms with van der Waals surface area (Å²) in [6.45, 7) is 2.30. The Kier molecular flexibility index (Phi) is 3.57. The van der Waals surface area contributed by atoms with Crippen LogP contribution in [-0.4, -0.2) is 51.7 Å². The predicted molar refractivity (Wildman–Crippen MR) is 85.3 cm³/mol. The average Bonchev–Trinajstić information content (AvgIpc) is 3.29. The molecule has 1 saturated heterocycles. The first-order chi connectivity index (χ1) is 11.1. The fourth-order valence-corrected chi connectivity index (χ4v) is 3.03. The number of halogens is 1. The number of rotatable bonds is 3. The Bertz CT molecular complexity index is 717. The molecule has 2 aromatic heterocycles. The van der Waals surface area contributed by atoms with Crippen LogP contribution in [0.15, 0.2) is 10.9 Å². The molecule has 3 heterocycles. The van der Waals surface area contributed by atoms with Crippen molar-refractivity contribution in [2.24, 2.45) is 0 Å². The van der Waals surface area contributed by atoms with Crippen LogP contribution < -0.4 is 10.6 Å². The molecule has 1 atom stereocenters. The first-order valence-electron chi connectivity index (χ1n) is 7.68. The van der Waals surface area contributed by atoms with Gasteiger partial charge < -0.3 is 15.2 Å². The van der Waals surface area contributed by atoms with E-state index in [0.717, 1.165) is 31.8 Å². The summed E-state index contributed by atoms with van der Waals surface area (Å²) >= 11 is 6.25. The minimum Gasteiger partial charge on any atom is -0.382 e. The first kappa shape index (κ1) is 14.6. The second-order valence-electron chi connectivity index (χ2n) is 6.10. The molecule has 2 aliphatic rings. The lowest BCUT2D eigenvalue weighted by atomic mass is 10.1. The Morgan fingerprint density at radius 2 is 2.13 bits per heavy atom. The standard InChI is InChI=1S/C14H18ClN7O/c1-21-4-5-22(13-10(15)11(16)17-7-18-13)6-9(21)14-19-12(20-23-14)8-2-3-8/h7-9H,2-6H2,1H3,(H2,16,17,18)/t9-/m0/s1. The molecule has 2 N–H and O–H groups in total. The molecule has 0 radical (unpaired) electrons. The summed E-state index contributed by atoms with van der Waals surface area (Å²) in [5.41, 5.74) is 5.78. The van der Waals surface area contributed by atoms with Crippen molar-refractivity contribution in [2.75, 3.05) is 37.3 Å². The largest absolute Gasteiger partial charge is 0.382 e. The van der Waals surface area contributed by atoms with Gasteiger partial charge in [0.25, 0.3) is 0 Å². The third-order valence-corrected chi connectivity index (χ3v) is 4.79. The van der Waals surface area contributed by atoms with Gasteiger partial charge in [-0.2, -0.15) is 4.98 Å². The Labute approximate surface area is 138 Å². The van der Waals surface area contributed by atoms with Gasteiger partial charge >= 0.3 is 0 Å². The van der Waals surface area contributed by atoms with Crippen LogP contribution in [0, 0.1) is 0 Å². The Balaban J connectivity index is 1.58. The summed E-state index contributed by atoms with van der Waals surface area (Å²) in [4.78, 5) is 17.1. The zero-order valence-electron chi connectivity index (χ0n) is 12.8. The van der Waals surface area contributed by atoms with Gasteiger partial charge in [0, 0.05) is 25.6 Å². The molecule has 1 aliphatic heterocycles. The summed E-state index contributed by atoms with van der Waals surface area (Å²) in [7, 11) is 2.05. The number of anilines is 2. The van der Waals surface area contributed by atoms with Crippen molar-refractivity contribution in [1.82, 2.24) is 25.0 Å². The van der Waals surface area contributed by atoms with E-state index in [0.29, 0.717) is 35.0 Å². The van der Waals surface area contributed by atoms with Gasteiger partial charge in [-0.05, 0) is 19.9 Å². The molecule has 9 heteroatoms. The highest BCUT2D eigenvalue weighted by Gasteiger charge is 2.34. The second-order valence-corrected chi connectivity index (χ2v) is 6.48. The van der Waals surface area contributed by atoms with E-state index in [2.05, 4.69) is 37.0 Å². The molecule has 2 fully saturated rings. The van der Waals surface area contributed by atoms with E-state index >= 15 is 0 Å². The van der Waals surface area contributed by atoms with Gasteiger partial charge in [-0.15, -0.1) is 0 Å². The highest BCUT2D eigenvalue weighted by atomic mass is 35.5. The highest BCUT2D eigenvalue weighted by molar-refractivity contribution is 6.35. The topological polar surface area (TPSA) is 97.2 Å². The van der Waals surface area contributed by atoms with Gasteiger partial charge in [0.05, 0.1) is 0 Å². The van der Waals surface area contributed by atoms with E-state index in [1.165, 1.54) is 6.33 Å². The summed E-state index contributed by atoms with van der Waals surface area (Å²) in [6.07, 6.45) is 3.74. The van der Waals surface area contributed by atoms with Crippen LogP contribution in [0.5, 0.6) is 0 Å². The zero-order chi connectivity index (χ0) is 16.0. The summed E-state index contributed by atoms with van der Waals surface area (Å²) in [5, 5.41) is 4.50. The van der Waals surface area contributed by atoms with Crippen molar-refractivity contribution in [3.63, 3.8) is 0 Å². The van der Waals surface area contributed by atoms with Crippen molar-refractivity contribution in [3.05, 3.63) is 23.1 Å². The third-order valence-electron chi connectivity index (χ3n) is 4.43. The van der Waals surface area contributed by atoms with Crippen molar-refractivity contribution in [2.45, 2.75) is 24.8 Å². The molecule has 2 aromatic rings. The van der Waals surface area contributed by atoms with Crippen LogP contribution in [0.4, 0.5) is 11.6 Å². The molecule has 8 nitrogen and oxygen atoms in total. The smallest absolute Gasteiger partial charge is 0.245 e. The second kappa shape index (κ2) is 5.61. The predicted octanol–water partition coefficient (Wildman–Crippen LogP) is 1.47. The van der Waals surface area contributed by atoms with Crippen molar-refractivity contribution < 1.29 is 4.52 Å². The van der Waals surface area contributed by atoms with E-state index in [9.17, 15) is 0 Å². The Morgan fingerprint density at radius 1 is 1.30 bits per heavy atom. The summed E-state index contributed by atoms with van der Waals surface area (Å²) in [6, 6.07) is 0.0102. The molecule has 0 aromatic carbocycles. The fraction of sp³-hybridized carbons (Fsp3) is 0.571. The number of hydrogen-bond acceptors (Lipinski definition) is 8. The zero-order valence-corrected chi connectivity index (χ0v) is 13.6. The van der Waals surface area contributed by atoms with Crippen LogP contribution in [0.1, 0.15) is 36.5 Å². The molecule has 0 spiro atoms. The molecule has 122 valence electrons. The maximum absolute atomic E-state index is 6.25. The van der Waals surface area contributed by atoms with Gasteiger partial charge in [0.1, 0.15) is 23.2 Å². The Morgan fingerprint density at radius 3 is 2.91 bits per heavy atom. The van der Waals surface area contributed by atoms with Crippen molar-refractivity contribution in [3.8, 4) is 0 Å². The van der Waals surface area contributed by atoms with Crippen LogP contribution in [-0.2, 0) is 0 Å². The molecule has 0 bridgehead atoms. The van der Waals surface area contributed by atoms with Crippen molar-refractivity contribution in [1.29, 1.82) is 0 Å². The van der Waals surface area contributed by atoms with Crippen LogP contribution in [0.25, 0.3) is 0 Å². The monoisotopic (exact) mass is 335 g/mol. The number of likely N-dealkylation sites (N-methyl/N-ethyl adjacent to an activating group) is 1. The van der Waals surface area contributed by atoms with Gasteiger partial charge in [0.15, 0.2) is 11.6 Å². The van der Waals surface area contributed by atoms with E-state index in [-0.39, 0.29) is 6.04 Å². The molecule has 1 saturated carbocycles. The maximum Gasteiger partial charge on any atom is 0.245 e.